The number of hydrogen-bond donors (Lipinski definition) is 2. The molecule has 2 N–H and O–H groups in total. The fourth-order valence-electron chi connectivity index (χ4n) is 3.95. The van der Waals surface area contributed by atoms with Crippen molar-refractivity contribution in [3.8, 4) is 11.1 Å². The summed E-state index contributed by atoms with van der Waals surface area (Å²) in [5, 5.41) is 11.5. The Morgan fingerprint density at radius 2 is 1.73 bits per heavy atom. The highest BCUT2D eigenvalue weighted by atomic mass is 19.4. The molecule has 0 aliphatic carbocycles. The Morgan fingerprint density at radius 3 is 2.48 bits per heavy atom. The third-order valence-corrected chi connectivity index (χ3v) is 5.50. The van der Waals surface area contributed by atoms with Crippen LogP contribution in [0, 0.1) is 0 Å². The number of aliphatic hydroxyl groups is 1. The van der Waals surface area contributed by atoms with Crippen molar-refractivity contribution in [2.24, 2.45) is 0 Å². The topological polar surface area (TPSA) is 69.6 Å². The monoisotopic (exact) mass is 454 g/mol. The third-order valence-electron chi connectivity index (χ3n) is 5.50. The van der Waals surface area contributed by atoms with Gasteiger partial charge in [-0.15, -0.1) is 0 Å². The molecule has 0 aromatic heterocycles. The molecule has 0 saturated heterocycles. The van der Waals surface area contributed by atoms with Crippen molar-refractivity contribution in [3.05, 3.63) is 94.5 Å². The van der Waals surface area contributed by atoms with E-state index in [9.17, 15) is 22.8 Å². The number of benzene rings is 3. The van der Waals surface area contributed by atoms with E-state index in [2.05, 4.69) is 5.32 Å². The van der Waals surface area contributed by atoms with Crippen LogP contribution in [0.1, 0.15) is 37.4 Å². The molecule has 1 heterocycles. The van der Waals surface area contributed by atoms with Crippen molar-refractivity contribution in [2.45, 2.75) is 19.3 Å². The Hall–Kier alpha value is -3.65. The van der Waals surface area contributed by atoms with Crippen molar-refractivity contribution in [2.75, 3.05) is 13.2 Å². The predicted octanol–water partition coefficient (Wildman–Crippen LogP) is 4.25. The Labute approximate surface area is 188 Å². The molecule has 0 spiro atoms. The molecule has 4 rings (SSSR count). The minimum Gasteiger partial charge on any atom is -0.395 e. The lowest BCUT2D eigenvalue weighted by atomic mass is 9.95. The van der Waals surface area contributed by atoms with Gasteiger partial charge >= 0.3 is 6.18 Å². The van der Waals surface area contributed by atoms with E-state index >= 15 is 0 Å². The summed E-state index contributed by atoms with van der Waals surface area (Å²) in [4.78, 5) is 26.8. The zero-order valence-corrected chi connectivity index (χ0v) is 17.5. The fraction of sp³-hybridized carbons (Fsp3) is 0.200. The van der Waals surface area contributed by atoms with E-state index in [0.29, 0.717) is 16.7 Å². The Morgan fingerprint density at radius 1 is 1.00 bits per heavy atom. The van der Waals surface area contributed by atoms with E-state index in [-0.39, 0.29) is 38.1 Å². The number of rotatable bonds is 6. The summed E-state index contributed by atoms with van der Waals surface area (Å²) in [6.45, 7) is 0.284. The lowest BCUT2D eigenvalue weighted by molar-refractivity contribution is -0.137. The number of hydrogen-bond acceptors (Lipinski definition) is 3. The molecule has 8 heteroatoms. The molecule has 33 heavy (non-hydrogen) atoms. The van der Waals surface area contributed by atoms with Gasteiger partial charge in [0, 0.05) is 30.8 Å². The number of nitrogens with one attached hydrogen (secondary N) is 1. The van der Waals surface area contributed by atoms with E-state index in [1.165, 1.54) is 11.0 Å². The van der Waals surface area contributed by atoms with Gasteiger partial charge in [0.15, 0.2) is 0 Å². The first kappa shape index (κ1) is 22.5. The number of carbonyl (C=O) groups excluding carboxylic acids is 2. The van der Waals surface area contributed by atoms with Crippen LogP contribution in [-0.2, 0) is 19.3 Å². The van der Waals surface area contributed by atoms with Crippen LogP contribution in [0.15, 0.2) is 66.7 Å². The van der Waals surface area contributed by atoms with Gasteiger partial charge in [-0.3, -0.25) is 9.59 Å². The summed E-state index contributed by atoms with van der Waals surface area (Å²) in [5.74, 6) is -0.568. The Bertz CT molecular complexity index is 1210. The second-order valence-corrected chi connectivity index (χ2v) is 7.75. The number of aliphatic hydroxyl groups excluding tert-OH is 1. The summed E-state index contributed by atoms with van der Waals surface area (Å²) in [5.41, 5.74) is 2.86. The lowest BCUT2D eigenvalue weighted by Crippen LogP contribution is -2.26. The highest BCUT2D eigenvalue weighted by molar-refractivity contribution is 6.01. The van der Waals surface area contributed by atoms with E-state index in [4.69, 9.17) is 5.11 Å². The van der Waals surface area contributed by atoms with Crippen LogP contribution in [0.2, 0.25) is 0 Å². The summed E-state index contributed by atoms with van der Waals surface area (Å²) < 4.78 is 39.2. The lowest BCUT2D eigenvalue weighted by Gasteiger charge is -2.17. The van der Waals surface area contributed by atoms with Crippen LogP contribution in [0.3, 0.4) is 0 Å². The zero-order chi connectivity index (χ0) is 23.6. The quantitative estimate of drug-likeness (QED) is 0.585. The molecule has 0 atom stereocenters. The van der Waals surface area contributed by atoms with Gasteiger partial charge in [-0.2, -0.15) is 13.2 Å². The average Bonchev–Trinajstić information content (AvgIpc) is 3.12. The van der Waals surface area contributed by atoms with E-state index in [0.717, 1.165) is 28.8 Å². The molecule has 5 nitrogen and oxygen atoms in total. The molecular formula is C25H21F3N2O3. The van der Waals surface area contributed by atoms with Crippen molar-refractivity contribution >= 4 is 11.8 Å². The molecule has 3 aromatic rings. The van der Waals surface area contributed by atoms with Crippen molar-refractivity contribution in [1.29, 1.82) is 0 Å². The Balaban J connectivity index is 1.60. The minimum absolute atomic E-state index is 0.0560. The number of nitrogens with zero attached hydrogens (tertiary/aromatic N) is 1. The van der Waals surface area contributed by atoms with Crippen LogP contribution >= 0.6 is 0 Å². The van der Waals surface area contributed by atoms with Gasteiger partial charge in [-0.25, -0.2) is 0 Å². The van der Waals surface area contributed by atoms with Gasteiger partial charge in [0.25, 0.3) is 11.8 Å². The number of alkyl halides is 3. The van der Waals surface area contributed by atoms with E-state index < -0.39 is 11.7 Å². The van der Waals surface area contributed by atoms with Crippen LogP contribution in [0.4, 0.5) is 13.2 Å². The van der Waals surface area contributed by atoms with Crippen molar-refractivity contribution in [3.63, 3.8) is 0 Å². The molecule has 0 unspecified atom stereocenters. The highest BCUT2D eigenvalue weighted by Gasteiger charge is 2.32. The number of carbonyl (C=O) groups is 2. The maximum atomic E-state index is 13.1. The first-order chi connectivity index (χ1) is 15.8. The van der Waals surface area contributed by atoms with Gasteiger partial charge in [0.1, 0.15) is 0 Å². The van der Waals surface area contributed by atoms with Crippen LogP contribution in [0.25, 0.3) is 11.1 Å². The highest BCUT2D eigenvalue weighted by Crippen LogP contribution is 2.35. The second kappa shape index (κ2) is 9.07. The average molecular weight is 454 g/mol. The Kier molecular flexibility index (Phi) is 6.20. The third kappa shape index (κ3) is 4.75. The summed E-state index contributed by atoms with van der Waals surface area (Å²) in [6, 6.07) is 17.2. The number of halogens is 3. The van der Waals surface area contributed by atoms with E-state index in [1.54, 1.807) is 36.4 Å². The van der Waals surface area contributed by atoms with Gasteiger partial charge in [0.2, 0.25) is 0 Å². The predicted molar refractivity (Wildman–Crippen MR) is 116 cm³/mol. The molecule has 170 valence electrons. The molecule has 1 aliphatic rings. The molecule has 1 aliphatic heterocycles. The van der Waals surface area contributed by atoms with Gasteiger partial charge in [-0.1, -0.05) is 36.4 Å². The second-order valence-electron chi connectivity index (χ2n) is 7.75. The summed E-state index contributed by atoms with van der Waals surface area (Å²) in [6.07, 6.45) is -4.45. The largest absolute Gasteiger partial charge is 0.416 e. The smallest absolute Gasteiger partial charge is 0.395 e. The molecule has 2 amide bonds. The van der Waals surface area contributed by atoms with Gasteiger partial charge in [-0.05, 0) is 52.6 Å². The number of amides is 2. The molecule has 0 fully saturated rings. The SMILES string of the molecule is O=C(NCCO)c1cccc(-c2cccc3c2CN(Cc2cccc(C(F)(F)F)c2)C3=O)c1. The maximum absolute atomic E-state index is 13.1. The van der Waals surface area contributed by atoms with E-state index in [1.807, 2.05) is 12.1 Å². The normalized spacial score (nSPS) is 13.2. The first-order valence-electron chi connectivity index (χ1n) is 10.3. The van der Waals surface area contributed by atoms with Gasteiger partial charge in [0.05, 0.1) is 12.2 Å². The van der Waals surface area contributed by atoms with Crippen molar-refractivity contribution < 1.29 is 27.9 Å². The van der Waals surface area contributed by atoms with Crippen LogP contribution in [-0.4, -0.2) is 35.0 Å². The number of fused-ring (bicyclic) bond motifs is 1. The molecule has 3 aromatic carbocycles. The van der Waals surface area contributed by atoms with Gasteiger partial charge < -0.3 is 15.3 Å². The molecular weight excluding hydrogens is 433 g/mol. The van der Waals surface area contributed by atoms with Crippen LogP contribution < -0.4 is 5.32 Å². The molecule has 0 radical (unpaired) electrons. The summed E-state index contributed by atoms with van der Waals surface area (Å²) in [7, 11) is 0. The zero-order valence-electron chi connectivity index (χ0n) is 17.5. The standard InChI is InChI=1S/C25H21F3N2O3/c26-25(27,28)19-7-1-4-16(12-19)14-30-15-22-20(8-3-9-21(22)24(30)33)17-5-2-6-18(13-17)23(32)29-10-11-31/h1-9,12-13,31H,10-11,14-15H2,(H,29,32). The minimum atomic E-state index is -4.45. The maximum Gasteiger partial charge on any atom is 0.416 e. The summed E-state index contributed by atoms with van der Waals surface area (Å²) >= 11 is 0. The fourth-order valence-corrected chi connectivity index (χ4v) is 3.95. The van der Waals surface area contributed by atoms with Crippen molar-refractivity contribution in [1.82, 2.24) is 10.2 Å². The van der Waals surface area contributed by atoms with Crippen LogP contribution in [0.5, 0.6) is 0 Å². The molecule has 0 saturated carbocycles. The first-order valence-corrected chi connectivity index (χ1v) is 10.3. The molecule has 0 bridgehead atoms.